The fourth-order valence-electron chi connectivity index (χ4n) is 3.65. The van der Waals surface area contributed by atoms with Crippen molar-refractivity contribution in [2.75, 3.05) is 13.6 Å². The maximum atomic E-state index is 13.4. The molecule has 160 valence electrons. The largest absolute Gasteiger partial charge is 0.458 e. The van der Waals surface area contributed by atoms with Gasteiger partial charge in [0.15, 0.2) is 6.04 Å². The minimum atomic E-state index is -1.21. The van der Waals surface area contributed by atoms with Crippen LogP contribution in [-0.2, 0) is 14.3 Å². The van der Waals surface area contributed by atoms with Crippen molar-refractivity contribution in [3.8, 4) is 0 Å². The third kappa shape index (κ3) is 3.55. The molecule has 9 nitrogen and oxygen atoms in total. The lowest BCUT2D eigenvalue weighted by molar-refractivity contribution is -0.162. The van der Waals surface area contributed by atoms with Crippen LogP contribution < -0.4 is 0 Å². The van der Waals surface area contributed by atoms with Gasteiger partial charge in [-0.15, -0.1) is 0 Å². The molecule has 3 rings (SSSR count). The van der Waals surface area contributed by atoms with Crippen molar-refractivity contribution in [3.63, 3.8) is 0 Å². The van der Waals surface area contributed by atoms with Crippen molar-refractivity contribution in [2.24, 2.45) is 0 Å². The first-order valence-corrected chi connectivity index (χ1v) is 9.76. The predicted molar refractivity (Wildman–Crippen MR) is 106 cm³/mol. The van der Waals surface area contributed by atoms with Crippen LogP contribution in [0.5, 0.6) is 0 Å². The summed E-state index contributed by atoms with van der Waals surface area (Å²) in [7, 11) is 1.47. The van der Waals surface area contributed by atoms with Gasteiger partial charge in [-0.05, 0) is 39.3 Å². The molecule has 0 unspecified atom stereocenters. The van der Waals surface area contributed by atoms with Crippen LogP contribution >= 0.6 is 0 Å². The van der Waals surface area contributed by atoms with Crippen molar-refractivity contribution in [1.29, 1.82) is 0 Å². The van der Waals surface area contributed by atoms with Gasteiger partial charge in [0.05, 0.1) is 17.7 Å². The van der Waals surface area contributed by atoms with E-state index in [9.17, 15) is 24.0 Å². The summed E-state index contributed by atoms with van der Waals surface area (Å²) in [5.74, 6) is -2.68. The number of ether oxygens (including phenoxy) is 1. The second-order valence-electron chi connectivity index (χ2n) is 8.37. The number of benzene rings is 1. The Kier molecular flexibility index (Phi) is 5.40. The van der Waals surface area contributed by atoms with E-state index < -0.39 is 47.4 Å². The minimum absolute atomic E-state index is 0.0297. The molecule has 9 heteroatoms. The average Bonchev–Trinajstić information content (AvgIpc) is 3.10. The van der Waals surface area contributed by atoms with Gasteiger partial charge in [0.25, 0.3) is 17.7 Å². The summed E-state index contributed by atoms with van der Waals surface area (Å²) in [6.07, 6.45) is 0.0961. The van der Waals surface area contributed by atoms with E-state index in [1.165, 1.54) is 24.1 Å². The van der Waals surface area contributed by atoms with Gasteiger partial charge in [0.1, 0.15) is 11.6 Å². The van der Waals surface area contributed by atoms with E-state index in [0.29, 0.717) is 0 Å². The van der Waals surface area contributed by atoms with E-state index in [2.05, 4.69) is 0 Å². The van der Waals surface area contributed by atoms with E-state index in [-0.39, 0.29) is 24.1 Å². The number of imide groups is 2. The Labute approximate surface area is 174 Å². The van der Waals surface area contributed by atoms with Gasteiger partial charge >= 0.3 is 12.0 Å². The smallest absolute Gasteiger partial charge is 0.331 e. The molecule has 0 saturated carbocycles. The average molecular weight is 415 g/mol. The quantitative estimate of drug-likeness (QED) is 0.547. The molecule has 1 fully saturated rings. The number of hydrogen-bond donors (Lipinski definition) is 0. The maximum absolute atomic E-state index is 13.4. The molecule has 0 radical (unpaired) electrons. The van der Waals surface area contributed by atoms with Gasteiger partial charge in [-0.3, -0.25) is 19.3 Å². The molecular formula is C21H25N3O6. The van der Waals surface area contributed by atoms with Crippen molar-refractivity contribution >= 4 is 29.7 Å². The summed E-state index contributed by atoms with van der Waals surface area (Å²) in [6.45, 7) is 6.67. The van der Waals surface area contributed by atoms with Crippen LogP contribution in [0.15, 0.2) is 24.3 Å². The van der Waals surface area contributed by atoms with Crippen molar-refractivity contribution in [1.82, 2.24) is 14.7 Å². The Hall–Kier alpha value is -3.23. The van der Waals surface area contributed by atoms with Crippen LogP contribution in [0.25, 0.3) is 0 Å². The molecule has 1 aromatic rings. The number of hydrogen-bond acceptors (Lipinski definition) is 6. The van der Waals surface area contributed by atoms with E-state index in [0.717, 1.165) is 9.80 Å². The fraction of sp³-hybridized carbons (Fsp3) is 0.476. The van der Waals surface area contributed by atoms with Gasteiger partial charge in [-0.1, -0.05) is 19.1 Å². The lowest BCUT2D eigenvalue weighted by Crippen LogP contribution is -2.55. The number of fused-ring (bicyclic) bond motifs is 1. The Bertz CT molecular complexity index is 900. The molecule has 0 N–H and O–H groups in total. The third-order valence-corrected chi connectivity index (χ3v) is 5.02. The number of carbonyl (C=O) groups excluding carboxylic acids is 5. The highest BCUT2D eigenvalue weighted by atomic mass is 16.6. The van der Waals surface area contributed by atoms with Gasteiger partial charge in [-0.25, -0.2) is 14.5 Å². The zero-order valence-electron chi connectivity index (χ0n) is 17.7. The molecule has 0 spiro atoms. The van der Waals surface area contributed by atoms with E-state index in [1.807, 2.05) is 0 Å². The molecule has 2 heterocycles. The molecule has 2 atom stereocenters. The lowest BCUT2D eigenvalue weighted by Gasteiger charge is -2.30. The highest BCUT2D eigenvalue weighted by Crippen LogP contribution is 2.28. The number of likely N-dealkylation sites (N-methyl/N-ethyl adjacent to an activating group) is 1. The Morgan fingerprint density at radius 1 is 1.10 bits per heavy atom. The first kappa shape index (κ1) is 21.5. The first-order chi connectivity index (χ1) is 14.0. The van der Waals surface area contributed by atoms with Crippen molar-refractivity contribution in [2.45, 2.75) is 51.8 Å². The van der Waals surface area contributed by atoms with Gasteiger partial charge in [0, 0.05) is 7.05 Å². The van der Waals surface area contributed by atoms with Crippen LogP contribution in [0, 0.1) is 0 Å². The first-order valence-electron chi connectivity index (χ1n) is 9.76. The number of amides is 5. The van der Waals surface area contributed by atoms with Crippen molar-refractivity contribution < 1.29 is 28.7 Å². The Morgan fingerprint density at radius 3 is 2.10 bits per heavy atom. The zero-order chi connectivity index (χ0) is 22.4. The number of urea groups is 1. The zero-order valence-corrected chi connectivity index (χ0v) is 17.7. The molecule has 0 bridgehead atoms. The monoisotopic (exact) mass is 415 g/mol. The Morgan fingerprint density at radius 2 is 1.63 bits per heavy atom. The van der Waals surface area contributed by atoms with Crippen LogP contribution in [-0.4, -0.2) is 75.7 Å². The van der Waals surface area contributed by atoms with Crippen LogP contribution in [0.4, 0.5) is 4.79 Å². The molecule has 1 aromatic carbocycles. The summed E-state index contributed by atoms with van der Waals surface area (Å²) in [5, 5.41) is 0. The summed E-state index contributed by atoms with van der Waals surface area (Å²) in [5.41, 5.74) is -0.382. The van der Waals surface area contributed by atoms with Crippen LogP contribution in [0.1, 0.15) is 54.8 Å². The topological polar surface area (TPSA) is 104 Å². The molecule has 2 aliphatic rings. The maximum Gasteiger partial charge on any atom is 0.331 e. The molecule has 0 aliphatic carbocycles. The number of carbonyl (C=O) groups is 5. The summed E-state index contributed by atoms with van der Waals surface area (Å²) in [6, 6.07) is 3.26. The number of nitrogens with zero attached hydrogens (tertiary/aromatic N) is 3. The molecule has 30 heavy (non-hydrogen) atoms. The van der Waals surface area contributed by atoms with Gasteiger partial charge in [0.2, 0.25) is 0 Å². The summed E-state index contributed by atoms with van der Waals surface area (Å²) < 4.78 is 5.37. The normalized spacial score (nSPS) is 20.0. The number of esters is 1. The van der Waals surface area contributed by atoms with Crippen LogP contribution in [0.3, 0.4) is 0 Å². The van der Waals surface area contributed by atoms with Crippen molar-refractivity contribution in [3.05, 3.63) is 35.4 Å². The summed E-state index contributed by atoms with van der Waals surface area (Å²) >= 11 is 0. The fourth-order valence-corrected chi connectivity index (χ4v) is 3.65. The molecule has 5 amide bonds. The second-order valence-corrected chi connectivity index (χ2v) is 8.37. The lowest BCUT2D eigenvalue weighted by atomic mass is 10.1. The predicted octanol–water partition coefficient (Wildman–Crippen LogP) is 1.67. The SMILES string of the molecule is CC[C@@H](C(=O)N1C(=O)N(C)C[C@H]1C(=O)OC(C)(C)C)N1C(=O)c2ccccc2C1=O. The minimum Gasteiger partial charge on any atom is -0.458 e. The third-order valence-electron chi connectivity index (χ3n) is 5.02. The Balaban J connectivity index is 1.92. The molecular weight excluding hydrogens is 390 g/mol. The van der Waals surface area contributed by atoms with E-state index in [1.54, 1.807) is 39.8 Å². The standard InChI is InChI=1S/C21H25N3O6/c1-6-14(23-16(25)12-9-7-8-10-13(12)17(23)26)18(27)24-15(11-22(5)20(24)29)19(28)30-21(2,3)4/h7-10,14-15H,6,11H2,1-5H3/t14-,15-/m0/s1. The highest BCUT2D eigenvalue weighted by Gasteiger charge is 2.50. The molecule has 0 aromatic heterocycles. The molecule has 2 aliphatic heterocycles. The molecule has 1 saturated heterocycles. The van der Waals surface area contributed by atoms with Gasteiger partial charge in [-0.2, -0.15) is 0 Å². The van der Waals surface area contributed by atoms with E-state index >= 15 is 0 Å². The highest BCUT2D eigenvalue weighted by molar-refractivity contribution is 6.23. The second kappa shape index (κ2) is 7.55. The van der Waals surface area contributed by atoms with E-state index in [4.69, 9.17) is 4.74 Å². The summed E-state index contributed by atoms with van der Waals surface area (Å²) in [4.78, 5) is 67.3. The van der Waals surface area contributed by atoms with Gasteiger partial charge < -0.3 is 9.64 Å². The van der Waals surface area contributed by atoms with Crippen LogP contribution in [0.2, 0.25) is 0 Å². The number of rotatable bonds is 4.